The lowest BCUT2D eigenvalue weighted by molar-refractivity contribution is -0.122. The van der Waals surface area contributed by atoms with Gasteiger partial charge in [0, 0.05) is 18.2 Å². The number of carbonyl (C=O) groups excluding carboxylic acids is 1. The Morgan fingerprint density at radius 2 is 1.63 bits per heavy atom. The molecule has 1 aromatic heterocycles. The van der Waals surface area contributed by atoms with Crippen molar-refractivity contribution in [1.29, 1.82) is 0 Å². The third kappa shape index (κ3) is 4.14. The molecule has 0 saturated heterocycles. The maximum Gasteiger partial charge on any atom is 0.228 e. The number of anilines is 3. The van der Waals surface area contributed by atoms with E-state index in [1.807, 2.05) is 48.5 Å². The van der Waals surface area contributed by atoms with Crippen LogP contribution in [0.25, 0.3) is 0 Å². The van der Waals surface area contributed by atoms with Crippen molar-refractivity contribution >= 4 is 23.2 Å². The second-order valence-corrected chi connectivity index (χ2v) is 6.80. The van der Waals surface area contributed by atoms with Gasteiger partial charge in [-0.2, -0.15) is 0 Å². The van der Waals surface area contributed by atoms with Gasteiger partial charge in [-0.05, 0) is 42.7 Å². The lowest BCUT2D eigenvalue weighted by Gasteiger charge is -2.25. The maximum absolute atomic E-state index is 12.1. The van der Waals surface area contributed by atoms with Crippen LogP contribution in [-0.2, 0) is 11.3 Å². The Balaban J connectivity index is 1.55. The van der Waals surface area contributed by atoms with Gasteiger partial charge in [-0.25, -0.2) is 0 Å². The number of amides is 1. The highest BCUT2D eigenvalue weighted by Gasteiger charge is 2.25. The highest BCUT2D eigenvalue weighted by atomic mass is 16.2. The Bertz CT molecular complexity index is 877. The minimum Gasteiger partial charge on any atom is -0.320 e. The monoisotopic (exact) mass is 358 g/mol. The maximum atomic E-state index is 12.1. The molecule has 136 valence electrons. The number of hydrogen-bond donors (Lipinski definition) is 1. The molecule has 1 aliphatic carbocycles. The number of aromatic nitrogens is 2. The highest BCUT2D eigenvalue weighted by Crippen LogP contribution is 2.28. The topological polar surface area (TPSA) is 58.1 Å². The average Bonchev–Trinajstić information content (AvgIpc) is 2.67. The van der Waals surface area contributed by atoms with Crippen LogP contribution in [-0.4, -0.2) is 16.1 Å². The number of para-hydroxylation sites is 1. The summed E-state index contributed by atoms with van der Waals surface area (Å²) in [6.45, 7) is 0.688. The third-order valence-corrected chi connectivity index (χ3v) is 4.91. The molecule has 0 unspecified atom stereocenters. The van der Waals surface area contributed by atoms with Crippen LogP contribution in [0.2, 0.25) is 0 Å². The molecule has 3 aromatic rings. The fraction of sp³-hybridized carbons (Fsp3) is 0.227. The zero-order valence-electron chi connectivity index (χ0n) is 15.1. The molecule has 1 N–H and O–H groups in total. The van der Waals surface area contributed by atoms with Crippen molar-refractivity contribution in [3.05, 3.63) is 78.4 Å². The second kappa shape index (κ2) is 7.99. The van der Waals surface area contributed by atoms with E-state index in [-0.39, 0.29) is 11.8 Å². The molecule has 5 heteroatoms. The first kappa shape index (κ1) is 17.2. The summed E-state index contributed by atoms with van der Waals surface area (Å²) in [5, 5.41) is 11.5. The molecule has 0 bridgehead atoms. The number of hydrogen-bond acceptors (Lipinski definition) is 4. The second-order valence-electron chi connectivity index (χ2n) is 6.80. The minimum absolute atomic E-state index is 0.0486. The molecule has 0 spiro atoms. The van der Waals surface area contributed by atoms with Crippen LogP contribution in [0, 0.1) is 5.92 Å². The first-order chi connectivity index (χ1) is 13.3. The molecule has 1 amide bonds. The van der Waals surface area contributed by atoms with E-state index < -0.39 is 0 Å². The van der Waals surface area contributed by atoms with Gasteiger partial charge in [0.1, 0.15) is 0 Å². The molecule has 1 aliphatic rings. The lowest BCUT2D eigenvalue weighted by Crippen LogP contribution is -2.28. The molecule has 0 radical (unpaired) electrons. The minimum atomic E-state index is 0.0486. The first-order valence-electron chi connectivity index (χ1n) is 9.31. The van der Waals surface area contributed by atoms with Crippen LogP contribution < -0.4 is 10.2 Å². The smallest absolute Gasteiger partial charge is 0.228 e. The third-order valence-electron chi connectivity index (χ3n) is 4.91. The van der Waals surface area contributed by atoms with E-state index in [1.54, 1.807) is 0 Å². The van der Waals surface area contributed by atoms with Crippen molar-refractivity contribution in [2.24, 2.45) is 5.92 Å². The van der Waals surface area contributed by atoms with Gasteiger partial charge >= 0.3 is 0 Å². The van der Waals surface area contributed by atoms with Gasteiger partial charge in [-0.1, -0.05) is 55.0 Å². The molecular weight excluding hydrogens is 336 g/mol. The van der Waals surface area contributed by atoms with E-state index in [9.17, 15) is 4.79 Å². The summed E-state index contributed by atoms with van der Waals surface area (Å²) in [4.78, 5) is 14.2. The lowest BCUT2D eigenvalue weighted by atomic mass is 9.85. The van der Waals surface area contributed by atoms with E-state index in [0.29, 0.717) is 12.4 Å². The van der Waals surface area contributed by atoms with Crippen LogP contribution in [0.5, 0.6) is 0 Å². The Labute approximate surface area is 159 Å². The van der Waals surface area contributed by atoms with Crippen LogP contribution in [0.15, 0.2) is 72.8 Å². The summed E-state index contributed by atoms with van der Waals surface area (Å²) < 4.78 is 0. The van der Waals surface area contributed by atoms with Crippen LogP contribution >= 0.6 is 0 Å². The highest BCUT2D eigenvalue weighted by molar-refractivity contribution is 5.92. The summed E-state index contributed by atoms with van der Waals surface area (Å²) in [5.41, 5.74) is 2.23. The van der Waals surface area contributed by atoms with E-state index in [4.69, 9.17) is 0 Å². The van der Waals surface area contributed by atoms with Crippen molar-refractivity contribution in [2.45, 2.75) is 25.8 Å². The van der Waals surface area contributed by atoms with Crippen molar-refractivity contribution in [2.75, 3.05) is 10.2 Å². The quantitative estimate of drug-likeness (QED) is 0.702. The fourth-order valence-corrected chi connectivity index (χ4v) is 3.11. The van der Waals surface area contributed by atoms with Crippen molar-refractivity contribution in [3.63, 3.8) is 0 Å². The van der Waals surface area contributed by atoms with Crippen LogP contribution in [0.4, 0.5) is 17.3 Å². The van der Waals surface area contributed by atoms with Gasteiger partial charge < -0.3 is 10.2 Å². The number of rotatable bonds is 6. The van der Waals surface area contributed by atoms with Gasteiger partial charge in [0.2, 0.25) is 5.91 Å². The number of nitrogens with one attached hydrogen (secondary N) is 1. The van der Waals surface area contributed by atoms with Gasteiger partial charge in [-0.15, -0.1) is 10.2 Å². The predicted octanol–water partition coefficient (Wildman–Crippen LogP) is 4.55. The van der Waals surface area contributed by atoms with Gasteiger partial charge in [-0.3, -0.25) is 4.79 Å². The van der Waals surface area contributed by atoms with Crippen LogP contribution in [0.3, 0.4) is 0 Å². The Morgan fingerprint density at radius 3 is 2.22 bits per heavy atom. The first-order valence-corrected chi connectivity index (χ1v) is 9.31. The number of nitrogens with zero attached hydrogens (tertiary/aromatic N) is 3. The summed E-state index contributed by atoms with van der Waals surface area (Å²) in [6.07, 6.45) is 3.07. The Kier molecular flexibility index (Phi) is 5.10. The number of carbonyl (C=O) groups is 1. The summed E-state index contributed by atoms with van der Waals surface area (Å²) in [5.74, 6) is 1.42. The summed E-state index contributed by atoms with van der Waals surface area (Å²) in [6, 6.07) is 24.1. The molecule has 1 heterocycles. The Hall–Kier alpha value is -3.21. The molecule has 2 aromatic carbocycles. The molecule has 5 nitrogen and oxygen atoms in total. The molecular formula is C22H22N4O. The van der Waals surface area contributed by atoms with Crippen molar-refractivity contribution < 1.29 is 4.79 Å². The van der Waals surface area contributed by atoms with E-state index in [0.717, 1.165) is 30.8 Å². The molecule has 27 heavy (non-hydrogen) atoms. The SMILES string of the molecule is O=C(Nc1ccc(N(Cc2ccccc2)c2ccccc2)nn1)C1CCC1. The average molecular weight is 358 g/mol. The largest absolute Gasteiger partial charge is 0.320 e. The predicted molar refractivity (Wildman–Crippen MR) is 107 cm³/mol. The van der Waals surface area contributed by atoms with E-state index in [1.165, 1.54) is 5.56 Å². The zero-order chi connectivity index (χ0) is 18.5. The molecule has 4 rings (SSSR count). The molecule has 1 saturated carbocycles. The van der Waals surface area contributed by atoms with Gasteiger partial charge in [0.15, 0.2) is 11.6 Å². The fourth-order valence-electron chi connectivity index (χ4n) is 3.11. The molecule has 0 aliphatic heterocycles. The van der Waals surface area contributed by atoms with Crippen molar-refractivity contribution in [3.8, 4) is 0 Å². The normalized spacial score (nSPS) is 13.6. The van der Waals surface area contributed by atoms with E-state index >= 15 is 0 Å². The van der Waals surface area contributed by atoms with Gasteiger partial charge in [0.25, 0.3) is 0 Å². The zero-order valence-corrected chi connectivity index (χ0v) is 15.1. The summed E-state index contributed by atoms with van der Waals surface area (Å²) >= 11 is 0. The number of benzene rings is 2. The van der Waals surface area contributed by atoms with Gasteiger partial charge in [0.05, 0.1) is 0 Å². The van der Waals surface area contributed by atoms with Crippen molar-refractivity contribution in [1.82, 2.24) is 10.2 Å². The standard InChI is InChI=1S/C22H22N4O/c27-22(18-10-7-11-18)23-20-14-15-21(25-24-20)26(19-12-5-2-6-13-19)16-17-8-3-1-4-9-17/h1-6,8-9,12-15,18H,7,10-11,16H2,(H,23,24,27). The molecule has 1 fully saturated rings. The van der Waals surface area contributed by atoms with Crippen LogP contribution in [0.1, 0.15) is 24.8 Å². The summed E-state index contributed by atoms with van der Waals surface area (Å²) in [7, 11) is 0. The molecule has 0 atom stereocenters. The van der Waals surface area contributed by atoms with E-state index in [2.05, 4.69) is 44.7 Å². The Morgan fingerprint density at radius 1 is 0.926 bits per heavy atom.